The van der Waals surface area contributed by atoms with Crippen LogP contribution in [0.4, 0.5) is 14.9 Å². The number of carboxylic acid groups (broad SMARTS) is 1. The van der Waals surface area contributed by atoms with Gasteiger partial charge in [0.05, 0.1) is 6.04 Å². The number of likely N-dealkylation sites (tertiary alicyclic amines) is 1. The van der Waals surface area contributed by atoms with Gasteiger partial charge in [-0.05, 0) is 11.5 Å². The van der Waals surface area contributed by atoms with Crippen LogP contribution >= 0.6 is 0 Å². The number of ether oxygens (including phenoxy) is 1. The summed E-state index contributed by atoms with van der Waals surface area (Å²) in [5.74, 6) is -0.135. The normalized spacial score (nSPS) is 22.4. The van der Waals surface area contributed by atoms with Gasteiger partial charge in [0.15, 0.2) is 0 Å². The smallest absolute Gasteiger partial charge is 0.407 e. The predicted octanol–water partition coefficient (Wildman–Crippen LogP) is 2.95. The van der Waals surface area contributed by atoms with Crippen molar-refractivity contribution in [3.8, 4) is 5.75 Å². The fourth-order valence-electron chi connectivity index (χ4n) is 2.95. The Balaban J connectivity index is 2.24. The first-order chi connectivity index (χ1) is 9.68. The fraction of sp³-hybridized carbons (Fsp3) is 0.533. The average molecular weight is 296 g/mol. The number of nitrogens with two attached hydrogens (primary N) is 1. The highest BCUT2D eigenvalue weighted by Gasteiger charge is 2.45. The molecule has 1 aliphatic heterocycles. The lowest BCUT2D eigenvalue weighted by atomic mass is 9.84. The van der Waals surface area contributed by atoms with Gasteiger partial charge in [-0.3, -0.25) is 0 Å². The molecule has 2 atom stereocenters. The van der Waals surface area contributed by atoms with E-state index in [0.29, 0.717) is 18.7 Å². The van der Waals surface area contributed by atoms with Gasteiger partial charge in [0.25, 0.3) is 0 Å². The van der Waals surface area contributed by atoms with Crippen molar-refractivity contribution in [3.63, 3.8) is 0 Å². The molecule has 0 aliphatic carbocycles. The van der Waals surface area contributed by atoms with Gasteiger partial charge in [-0.1, -0.05) is 20.8 Å². The molecule has 21 heavy (non-hydrogen) atoms. The Morgan fingerprint density at radius 2 is 2.10 bits per heavy atom. The second-order valence-corrected chi connectivity index (χ2v) is 6.45. The van der Waals surface area contributed by atoms with Crippen LogP contribution in [0, 0.1) is 11.2 Å². The first kappa shape index (κ1) is 15.4. The monoisotopic (exact) mass is 296 g/mol. The standard InChI is InChI=1S/C15H21FN2O3/c1-15(2,3)13-12(4-5-18(13)14(19)20)21-11-7-9(16)6-10(17)8-11/h6-8,12-13H,4-5,17H2,1-3H3,(H,19,20). The van der Waals surface area contributed by atoms with Crippen LogP contribution in [0.1, 0.15) is 27.2 Å². The van der Waals surface area contributed by atoms with E-state index in [9.17, 15) is 14.3 Å². The van der Waals surface area contributed by atoms with Gasteiger partial charge < -0.3 is 20.5 Å². The number of nitrogen functional groups attached to an aromatic ring is 1. The zero-order valence-electron chi connectivity index (χ0n) is 12.5. The molecule has 116 valence electrons. The van der Waals surface area contributed by atoms with Crippen LogP contribution in [0.25, 0.3) is 0 Å². The van der Waals surface area contributed by atoms with Crippen LogP contribution in [0.15, 0.2) is 18.2 Å². The molecule has 0 radical (unpaired) electrons. The highest BCUT2D eigenvalue weighted by Crippen LogP contribution is 2.35. The van der Waals surface area contributed by atoms with E-state index < -0.39 is 11.9 Å². The highest BCUT2D eigenvalue weighted by atomic mass is 19.1. The van der Waals surface area contributed by atoms with Crippen molar-refractivity contribution < 1.29 is 19.0 Å². The third kappa shape index (κ3) is 3.37. The molecule has 2 unspecified atom stereocenters. The van der Waals surface area contributed by atoms with Crippen LogP contribution in [-0.4, -0.2) is 34.8 Å². The quantitative estimate of drug-likeness (QED) is 0.823. The van der Waals surface area contributed by atoms with Gasteiger partial charge in [0, 0.05) is 30.8 Å². The number of benzene rings is 1. The Labute approximate surface area is 123 Å². The summed E-state index contributed by atoms with van der Waals surface area (Å²) in [7, 11) is 0. The maximum Gasteiger partial charge on any atom is 0.407 e. The summed E-state index contributed by atoms with van der Waals surface area (Å²) in [6.07, 6.45) is -0.702. The third-order valence-electron chi connectivity index (χ3n) is 3.66. The van der Waals surface area contributed by atoms with E-state index in [1.54, 1.807) is 6.07 Å². The minimum Gasteiger partial charge on any atom is -0.488 e. The molecule has 3 N–H and O–H groups in total. The minimum absolute atomic E-state index is 0.279. The first-order valence-electron chi connectivity index (χ1n) is 6.91. The summed E-state index contributed by atoms with van der Waals surface area (Å²) in [4.78, 5) is 12.8. The largest absolute Gasteiger partial charge is 0.488 e. The van der Waals surface area contributed by atoms with Crippen molar-refractivity contribution in [2.45, 2.75) is 39.3 Å². The van der Waals surface area contributed by atoms with Gasteiger partial charge in [-0.15, -0.1) is 0 Å². The van der Waals surface area contributed by atoms with Crippen molar-refractivity contribution in [3.05, 3.63) is 24.0 Å². The number of carbonyl (C=O) groups is 1. The second kappa shape index (κ2) is 5.42. The fourth-order valence-corrected chi connectivity index (χ4v) is 2.95. The maximum atomic E-state index is 13.4. The van der Waals surface area contributed by atoms with Crippen molar-refractivity contribution in [2.24, 2.45) is 5.41 Å². The number of hydrogen-bond donors (Lipinski definition) is 2. The molecule has 0 aromatic heterocycles. The number of amides is 1. The lowest BCUT2D eigenvalue weighted by Crippen LogP contribution is -2.48. The zero-order chi connectivity index (χ0) is 15.8. The van der Waals surface area contributed by atoms with E-state index in [-0.39, 0.29) is 23.2 Å². The Bertz CT molecular complexity index is 522. The molecule has 0 bridgehead atoms. The zero-order valence-corrected chi connectivity index (χ0v) is 12.5. The number of hydrogen-bond acceptors (Lipinski definition) is 3. The molecule has 2 rings (SSSR count). The molecule has 1 aliphatic rings. The first-order valence-corrected chi connectivity index (χ1v) is 6.91. The van der Waals surface area contributed by atoms with Crippen molar-refractivity contribution in [1.82, 2.24) is 4.90 Å². The van der Waals surface area contributed by atoms with Crippen LogP contribution in [0.5, 0.6) is 5.75 Å². The highest BCUT2D eigenvalue weighted by molar-refractivity contribution is 5.66. The lowest BCUT2D eigenvalue weighted by Gasteiger charge is -2.36. The number of halogens is 1. The number of anilines is 1. The maximum absolute atomic E-state index is 13.4. The second-order valence-electron chi connectivity index (χ2n) is 6.45. The van der Waals surface area contributed by atoms with Crippen LogP contribution in [-0.2, 0) is 0 Å². The molecule has 1 fully saturated rings. The van der Waals surface area contributed by atoms with Gasteiger partial charge >= 0.3 is 6.09 Å². The van der Waals surface area contributed by atoms with Crippen LogP contribution < -0.4 is 10.5 Å². The third-order valence-corrected chi connectivity index (χ3v) is 3.66. The Hall–Kier alpha value is -1.98. The molecule has 0 spiro atoms. The molecule has 1 amide bonds. The molecular weight excluding hydrogens is 275 g/mol. The van der Waals surface area contributed by atoms with Crippen LogP contribution in [0.3, 0.4) is 0 Å². The van der Waals surface area contributed by atoms with Crippen molar-refractivity contribution in [2.75, 3.05) is 12.3 Å². The summed E-state index contributed by atoms with van der Waals surface area (Å²) in [6, 6.07) is 3.73. The van der Waals surface area contributed by atoms with E-state index in [4.69, 9.17) is 10.5 Å². The van der Waals surface area contributed by atoms with Gasteiger partial charge in [0.2, 0.25) is 0 Å². The molecule has 6 heteroatoms. The molecule has 5 nitrogen and oxygen atoms in total. The molecular formula is C15H21FN2O3. The topological polar surface area (TPSA) is 75.8 Å². The van der Waals surface area contributed by atoms with E-state index in [0.717, 1.165) is 0 Å². The van der Waals surface area contributed by atoms with E-state index in [1.165, 1.54) is 17.0 Å². The van der Waals surface area contributed by atoms with Gasteiger partial charge in [0.1, 0.15) is 17.7 Å². The summed E-state index contributed by atoms with van der Waals surface area (Å²) < 4.78 is 19.2. The SMILES string of the molecule is CC(C)(C)C1C(Oc2cc(N)cc(F)c2)CCN1C(=O)O. The minimum atomic E-state index is -0.959. The summed E-state index contributed by atoms with van der Waals surface area (Å²) in [6.45, 7) is 6.31. The number of rotatable bonds is 2. The lowest BCUT2D eigenvalue weighted by molar-refractivity contribution is 0.0571. The van der Waals surface area contributed by atoms with Crippen molar-refractivity contribution in [1.29, 1.82) is 0 Å². The van der Waals surface area contributed by atoms with Crippen LogP contribution in [0.2, 0.25) is 0 Å². The Morgan fingerprint density at radius 3 is 2.62 bits per heavy atom. The Morgan fingerprint density at radius 1 is 1.43 bits per heavy atom. The molecule has 1 heterocycles. The molecule has 1 aromatic rings. The van der Waals surface area contributed by atoms with Gasteiger partial charge in [-0.25, -0.2) is 9.18 Å². The van der Waals surface area contributed by atoms with E-state index in [1.807, 2.05) is 20.8 Å². The average Bonchev–Trinajstić information content (AvgIpc) is 2.70. The summed E-state index contributed by atoms with van der Waals surface area (Å²) in [5, 5.41) is 9.31. The molecule has 1 aromatic carbocycles. The van der Waals surface area contributed by atoms with Gasteiger partial charge in [-0.2, -0.15) is 0 Å². The molecule has 0 saturated carbocycles. The summed E-state index contributed by atoms with van der Waals surface area (Å²) >= 11 is 0. The molecule has 1 saturated heterocycles. The van der Waals surface area contributed by atoms with E-state index >= 15 is 0 Å². The van der Waals surface area contributed by atoms with E-state index in [2.05, 4.69) is 0 Å². The number of nitrogens with zero attached hydrogens (tertiary/aromatic N) is 1. The summed E-state index contributed by atoms with van der Waals surface area (Å²) in [5.41, 5.74) is 5.61. The predicted molar refractivity (Wildman–Crippen MR) is 77.8 cm³/mol. The van der Waals surface area contributed by atoms with Crippen molar-refractivity contribution >= 4 is 11.8 Å². The Kier molecular flexibility index (Phi) is 3.98.